The predicted molar refractivity (Wildman–Crippen MR) is 132 cm³/mol. The number of carbonyl (C=O) groups excluding carboxylic acids is 1. The van der Waals surface area contributed by atoms with Gasteiger partial charge in [-0.15, -0.1) is 0 Å². The molecule has 0 saturated carbocycles. The van der Waals surface area contributed by atoms with Gasteiger partial charge in [-0.1, -0.05) is 106 Å². The lowest BCUT2D eigenvalue weighted by Crippen LogP contribution is -2.04. The molecule has 0 saturated heterocycles. The van der Waals surface area contributed by atoms with Gasteiger partial charge in [-0.3, -0.25) is 0 Å². The van der Waals surface area contributed by atoms with Gasteiger partial charge in [0.2, 0.25) is 0 Å². The maximum absolute atomic E-state index is 12.5. The summed E-state index contributed by atoms with van der Waals surface area (Å²) in [6, 6.07) is 22.7. The molecule has 0 unspecified atom stereocenters. The van der Waals surface area contributed by atoms with Crippen LogP contribution in [-0.2, 0) is 4.79 Å². The number of ether oxygens (including phenoxy) is 1. The van der Waals surface area contributed by atoms with E-state index in [-0.39, 0.29) is 5.97 Å². The van der Waals surface area contributed by atoms with Crippen LogP contribution in [0.25, 0.3) is 32.3 Å². The average Bonchev–Trinajstić information content (AvgIpc) is 2.81. The van der Waals surface area contributed by atoms with Crippen molar-refractivity contribution in [3.63, 3.8) is 0 Å². The topological polar surface area (TPSA) is 26.3 Å². The maximum atomic E-state index is 12.5. The highest BCUT2D eigenvalue weighted by Gasteiger charge is 2.13. The summed E-state index contributed by atoms with van der Waals surface area (Å²) < 4.78 is 5.82. The molecule has 0 bridgehead atoms. The molecule has 0 amide bonds. The number of rotatable bonds is 9. The standard InChI is InChI=1S/C29H30O2/c1-2-3-4-5-6-7-8-9-21-28(30)31-27-20-14-19-26-24-16-11-10-15-22(24)23-17-12-13-18-25(23)29(26)27/h9-21H,2-8H2,1H3. The van der Waals surface area contributed by atoms with E-state index in [4.69, 9.17) is 4.74 Å². The van der Waals surface area contributed by atoms with Crippen molar-refractivity contribution in [3.05, 3.63) is 78.9 Å². The SMILES string of the molecule is CCCCCCCCC=CC(=O)Oc1cccc2c3ccccc3c3ccccc3c12. The second-order valence-corrected chi connectivity index (χ2v) is 8.15. The molecule has 31 heavy (non-hydrogen) atoms. The van der Waals surface area contributed by atoms with E-state index < -0.39 is 0 Å². The number of hydrogen-bond donors (Lipinski definition) is 0. The van der Waals surface area contributed by atoms with E-state index in [1.165, 1.54) is 48.3 Å². The van der Waals surface area contributed by atoms with Crippen molar-refractivity contribution in [2.75, 3.05) is 0 Å². The summed E-state index contributed by atoms with van der Waals surface area (Å²) in [7, 11) is 0. The maximum Gasteiger partial charge on any atom is 0.335 e. The van der Waals surface area contributed by atoms with Gasteiger partial charge in [-0.25, -0.2) is 4.79 Å². The number of fused-ring (bicyclic) bond motifs is 6. The van der Waals surface area contributed by atoms with Crippen LogP contribution < -0.4 is 4.74 Å². The third-order valence-electron chi connectivity index (χ3n) is 5.92. The summed E-state index contributed by atoms with van der Waals surface area (Å²) in [6.45, 7) is 2.23. The largest absolute Gasteiger partial charge is 0.423 e. The van der Waals surface area contributed by atoms with Crippen molar-refractivity contribution >= 4 is 38.3 Å². The van der Waals surface area contributed by atoms with Crippen LogP contribution in [-0.4, -0.2) is 5.97 Å². The smallest absolute Gasteiger partial charge is 0.335 e. The Bertz CT molecular complexity index is 1170. The lowest BCUT2D eigenvalue weighted by Gasteiger charge is -2.13. The van der Waals surface area contributed by atoms with E-state index in [0.29, 0.717) is 5.75 Å². The highest BCUT2D eigenvalue weighted by Crippen LogP contribution is 2.39. The molecule has 2 nitrogen and oxygen atoms in total. The molecule has 4 aromatic carbocycles. The minimum atomic E-state index is -0.310. The quantitative estimate of drug-likeness (QED) is 0.0911. The minimum Gasteiger partial charge on any atom is -0.423 e. The summed E-state index contributed by atoms with van der Waals surface area (Å²) in [5.74, 6) is 0.310. The Kier molecular flexibility index (Phi) is 6.99. The Labute approximate surface area is 184 Å². The number of benzene rings is 4. The van der Waals surface area contributed by atoms with Gasteiger partial charge in [0.1, 0.15) is 5.75 Å². The van der Waals surface area contributed by atoms with E-state index >= 15 is 0 Å². The van der Waals surface area contributed by atoms with Gasteiger partial charge >= 0.3 is 5.97 Å². The Balaban J connectivity index is 1.56. The van der Waals surface area contributed by atoms with Gasteiger partial charge in [0.25, 0.3) is 0 Å². The first-order valence-corrected chi connectivity index (χ1v) is 11.5. The molecular weight excluding hydrogens is 380 g/mol. The number of carbonyl (C=O) groups is 1. The first-order valence-electron chi connectivity index (χ1n) is 11.5. The molecule has 158 valence electrons. The van der Waals surface area contributed by atoms with Crippen molar-refractivity contribution in [2.24, 2.45) is 0 Å². The van der Waals surface area contributed by atoms with Crippen LogP contribution in [0.3, 0.4) is 0 Å². The van der Waals surface area contributed by atoms with E-state index in [0.717, 1.165) is 29.0 Å². The van der Waals surface area contributed by atoms with Crippen LogP contribution in [0.5, 0.6) is 5.75 Å². The van der Waals surface area contributed by atoms with Gasteiger partial charge < -0.3 is 4.74 Å². The second kappa shape index (κ2) is 10.3. The van der Waals surface area contributed by atoms with Crippen molar-refractivity contribution in [1.29, 1.82) is 0 Å². The first kappa shape index (κ1) is 21.1. The van der Waals surface area contributed by atoms with Crippen LogP contribution in [0.15, 0.2) is 78.9 Å². The van der Waals surface area contributed by atoms with E-state index in [1.54, 1.807) is 6.08 Å². The van der Waals surface area contributed by atoms with E-state index in [9.17, 15) is 4.79 Å². The fraction of sp³-hybridized carbons (Fsp3) is 0.276. The van der Waals surface area contributed by atoms with Crippen LogP contribution in [0.1, 0.15) is 51.9 Å². The van der Waals surface area contributed by atoms with Crippen LogP contribution >= 0.6 is 0 Å². The predicted octanol–water partition coefficient (Wildman–Crippen LogP) is 8.36. The lowest BCUT2D eigenvalue weighted by atomic mass is 9.94. The normalized spacial score (nSPS) is 11.6. The molecule has 0 aliphatic rings. The highest BCUT2D eigenvalue weighted by molar-refractivity contribution is 6.26. The zero-order chi connectivity index (χ0) is 21.5. The molecule has 0 aromatic heterocycles. The Morgan fingerprint density at radius 3 is 1.94 bits per heavy atom. The Hall–Kier alpha value is -3.13. The molecule has 4 aromatic rings. The van der Waals surface area contributed by atoms with Crippen LogP contribution in [0, 0.1) is 0 Å². The zero-order valence-corrected chi connectivity index (χ0v) is 18.3. The fourth-order valence-corrected chi connectivity index (χ4v) is 4.37. The third-order valence-corrected chi connectivity index (χ3v) is 5.92. The fourth-order valence-electron chi connectivity index (χ4n) is 4.37. The van der Waals surface area contributed by atoms with Crippen molar-refractivity contribution in [1.82, 2.24) is 0 Å². The molecule has 2 heteroatoms. The molecule has 0 atom stereocenters. The molecular formula is C29H30O2. The van der Waals surface area contributed by atoms with Crippen molar-refractivity contribution in [2.45, 2.75) is 51.9 Å². The first-order chi connectivity index (χ1) is 15.3. The minimum absolute atomic E-state index is 0.310. The second-order valence-electron chi connectivity index (χ2n) is 8.15. The molecule has 0 N–H and O–H groups in total. The summed E-state index contributed by atoms with van der Waals surface area (Å²) in [5.41, 5.74) is 0. The van der Waals surface area contributed by atoms with Gasteiger partial charge in [0.05, 0.1) is 0 Å². The third kappa shape index (κ3) is 4.80. The monoisotopic (exact) mass is 410 g/mol. The van der Waals surface area contributed by atoms with E-state index in [2.05, 4.69) is 55.5 Å². The van der Waals surface area contributed by atoms with Crippen molar-refractivity contribution < 1.29 is 9.53 Å². The number of unbranched alkanes of at least 4 members (excludes halogenated alkanes) is 6. The zero-order valence-electron chi connectivity index (χ0n) is 18.3. The van der Waals surface area contributed by atoms with Crippen molar-refractivity contribution in [3.8, 4) is 5.75 Å². The Morgan fingerprint density at radius 2 is 1.26 bits per heavy atom. The molecule has 0 aliphatic heterocycles. The average molecular weight is 411 g/mol. The molecule has 0 fully saturated rings. The van der Waals surface area contributed by atoms with Gasteiger partial charge in [0, 0.05) is 11.5 Å². The molecule has 0 radical (unpaired) electrons. The summed E-state index contributed by atoms with van der Waals surface area (Å²) in [4.78, 5) is 12.5. The summed E-state index contributed by atoms with van der Waals surface area (Å²) in [5, 5.41) is 6.77. The number of hydrogen-bond acceptors (Lipinski definition) is 2. The molecule has 0 aliphatic carbocycles. The highest BCUT2D eigenvalue weighted by atomic mass is 16.5. The molecule has 0 heterocycles. The lowest BCUT2D eigenvalue weighted by molar-refractivity contribution is -0.128. The summed E-state index contributed by atoms with van der Waals surface area (Å²) >= 11 is 0. The Morgan fingerprint density at radius 1 is 0.710 bits per heavy atom. The summed E-state index contributed by atoms with van der Waals surface area (Å²) in [6.07, 6.45) is 12.0. The van der Waals surface area contributed by atoms with Crippen LogP contribution in [0.2, 0.25) is 0 Å². The van der Waals surface area contributed by atoms with Crippen LogP contribution in [0.4, 0.5) is 0 Å². The number of esters is 1. The number of allylic oxidation sites excluding steroid dienone is 1. The van der Waals surface area contributed by atoms with Gasteiger partial charge in [-0.05, 0) is 45.8 Å². The molecule has 4 rings (SSSR count). The molecule has 0 spiro atoms. The van der Waals surface area contributed by atoms with Gasteiger partial charge in [-0.2, -0.15) is 0 Å². The van der Waals surface area contributed by atoms with E-state index in [1.807, 2.05) is 24.3 Å². The van der Waals surface area contributed by atoms with Gasteiger partial charge in [0.15, 0.2) is 0 Å².